The molecule has 2 heterocycles. The fraction of sp³-hybridized carbons (Fsp3) is 0.348. The zero-order chi connectivity index (χ0) is 19.2. The van der Waals surface area contributed by atoms with Crippen molar-refractivity contribution in [1.29, 1.82) is 0 Å². The first-order valence-corrected chi connectivity index (χ1v) is 10.9. The van der Waals surface area contributed by atoms with Crippen molar-refractivity contribution in [2.75, 3.05) is 38.5 Å². The second-order valence-corrected chi connectivity index (χ2v) is 8.27. The average Bonchev–Trinajstić information content (AvgIpc) is 3.16. The Hall–Kier alpha value is -2.21. The van der Waals surface area contributed by atoms with Crippen molar-refractivity contribution in [2.45, 2.75) is 18.9 Å². The van der Waals surface area contributed by atoms with E-state index >= 15 is 0 Å². The lowest BCUT2D eigenvalue weighted by Gasteiger charge is -2.39. The molecule has 4 rings (SSSR count). The lowest BCUT2D eigenvalue weighted by Crippen LogP contribution is -2.48. The summed E-state index contributed by atoms with van der Waals surface area (Å²) < 4.78 is 0. The van der Waals surface area contributed by atoms with Crippen LogP contribution in [0.25, 0.3) is 0 Å². The highest BCUT2D eigenvalue weighted by molar-refractivity contribution is 7.13. The minimum absolute atomic E-state index is 0.336. The van der Waals surface area contributed by atoms with Gasteiger partial charge in [-0.15, -0.1) is 11.3 Å². The predicted molar refractivity (Wildman–Crippen MR) is 118 cm³/mol. The topological polar surface area (TPSA) is 45.4 Å². The van der Waals surface area contributed by atoms with E-state index in [2.05, 4.69) is 80.8 Å². The lowest BCUT2D eigenvalue weighted by atomic mass is 9.96. The van der Waals surface area contributed by atoms with Crippen molar-refractivity contribution < 1.29 is 0 Å². The molecule has 5 heteroatoms. The molecule has 1 aliphatic heterocycles. The molecule has 146 valence electrons. The van der Waals surface area contributed by atoms with E-state index in [9.17, 15) is 0 Å². The van der Waals surface area contributed by atoms with Crippen LogP contribution in [0.5, 0.6) is 0 Å². The number of hydrogen-bond acceptors (Lipinski definition) is 5. The fourth-order valence-electron chi connectivity index (χ4n) is 4.05. The van der Waals surface area contributed by atoms with Crippen LogP contribution in [0.4, 0.5) is 5.13 Å². The Labute approximate surface area is 171 Å². The molecular formula is C23H28N4S. The molecule has 0 bridgehead atoms. The van der Waals surface area contributed by atoms with Crippen molar-refractivity contribution in [3.63, 3.8) is 0 Å². The molecule has 0 amide bonds. The lowest BCUT2D eigenvalue weighted by molar-refractivity contribution is 0.108. The number of nitrogen functional groups attached to an aromatic ring is 1. The molecule has 0 unspecified atom stereocenters. The summed E-state index contributed by atoms with van der Waals surface area (Å²) in [4.78, 5) is 9.58. The normalized spacial score (nSPS) is 15.9. The number of nitrogens with zero attached hydrogens (tertiary/aromatic N) is 3. The van der Waals surface area contributed by atoms with E-state index in [1.54, 1.807) is 0 Å². The van der Waals surface area contributed by atoms with Gasteiger partial charge in [-0.3, -0.25) is 4.90 Å². The van der Waals surface area contributed by atoms with Gasteiger partial charge >= 0.3 is 0 Å². The molecular weight excluding hydrogens is 364 g/mol. The molecule has 1 saturated heterocycles. The fourth-order valence-corrected chi connectivity index (χ4v) is 4.65. The van der Waals surface area contributed by atoms with Gasteiger partial charge in [-0.25, -0.2) is 4.98 Å². The zero-order valence-electron chi connectivity index (χ0n) is 16.2. The first-order valence-electron chi connectivity index (χ1n) is 10.1. The van der Waals surface area contributed by atoms with E-state index in [0.717, 1.165) is 51.3 Å². The van der Waals surface area contributed by atoms with Crippen molar-refractivity contribution in [1.82, 2.24) is 14.8 Å². The third kappa shape index (κ3) is 4.79. The molecule has 2 N–H and O–H groups in total. The number of aromatic nitrogens is 1. The van der Waals surface area contributed by atoms with Gasteiger partial charge in [0.15, 0.2) is 5.13 Å². The maximum atomic E-state index is 5.72. The summed E-state index contributed by atoms with van der Waals surface area (Å²) in [5.74, 6) is 0. The predicted octanol–water partition coefficient (Wildman–Crippen LogP) is 4.07. The molecule has 1 fully saturated rings. The van der Waals surface area contributed by atoms with Crippen LogP contribution in [0.1, 0.15) is 29.3 Å². The average molecular weight is 393 g/mol. The van der Waals surface area contributed by atoms with Crippen LogP contribution in [-0.4, -0.2) is 47.5 Å². The number of aryl methyl sites for hydroxylation is 1. The van der Waals surface area contributed by atoms with Crippen molar-refractivity contribution in [3.8, 4) is 0 Å². The van der Waals surface area contributed by atoms with Gasteiger partial charge in [0.05, 0.1) is 11.7 Å². The van der Waals surface area contributed by atoms with Crippen LogP contribution in [0, 0.1) is 0 Å². The Bertz CT molecular complexity index is 802. The first kappa shape index (κ1) is 19.1. The summed E-state index contributed by atoms with van der Waals surface area (Å²) in [6.45, 7) is 5.56. The third-order valence-electron chi connectivity index (χ3n) is 5.48. The standard InChI is InChI=1S/C23H28N4S/c24-23-25-21(18-28-23)12-7-13-26-14-16-27(17-15-26)22(19-8-3-1-4-9-19)20-10-5-2-6-11-20/h1-6,8-11,18,22H,7,12-17H2,(H2,24,25). The number of thiazole rings is 1. The van der Waals surface area contributed by atoms with Crippen LogP contribution < -0.4 is 5.73 Å². The summed E-state index contributed by atoms with van der Waals surface area (Å²) >= 11 is 1.54. The largest absolute Gasteiger partial charge is 0.375 e. The minimum atomic E-state index is 0.336. The number of hydrogen-bond donors (Lipinski definition) is 1. The smallest absolute Gasteiger partial charge is 0.180 e. The molecule has 0 saturated carbocycles. The summed E-state index contributed by atoms with van der Waals surface area (Å²) in [5, 5.41) is 2.76. The second kappa shape index (κ2) is 9.32. The number of benzene rings is 2. The first-order chi connectivity index (χ1) is 13.8. The van der Waals surface area contributed by atoms with Gasteiger partial charge in [-0.1, -0.05) is 60.7 Å². The molecule has 0 spiro atoms. The van der Waals surface area contributed by atoms with Crippen LogP contribution in [0.15, 0.2) is 66.0 Å². The van der Waals surface area contributed by atoms with Gasteiger partial charge in [-0.2, -0.15) is 0 Å². The van der Waals surface area contributed by atoms with Crippen molar-refractivity contribution >= 4 is 16.5 Å². The summed E-state index contributed by atoms with van der Waals surface area (Å²) in [7, 11) is 0. The highest BCUT2D eigenvalue weighted by Gasteiger charge is 2.26. The minimum Gasteiger partial charge on any atom is -0.375 e. The van der Waals surface area contributed by atoms with E-state index < -0.39 is 0 Å². The van der Waals surface area contributed by atoms with Gasteiger partial charge in [-0.05, 0) is 30.5 Å². The molecule has 3 aromatic rings. The molecule has 1 aromatic heterocycles. The van der Waals surface area contributed by atoms with Gasteiger partial charge < -0.3 is 10.6 Å². The number of anilines is 1. The van der Waals surface area contributed by atoms with Gasteiger partial charge in [0, 0.05) is 31.6 Å². The van der Waals surface area contributed by atoms with E-state index in [1.165, 1.54) is 22.5 Å². The Kier molecular flexibility index (Phi) is 6.37. The Morgan fingerprint density at radius 1 is 0.893 bits per heavy atom. The van der Waals surface area contributed by atoms with Gasteiger partial charge in [0.1, 0.15) is 0 Å². The SMILES string of the molecule is Nc1nc(CCCN2CCN(C(c3ccccc3)c3ccccc3)CC2)cs1. The number of nitrogens with two attached hydrogens (primary N) is 1. The van der Waals surface area contributed by atoms with E-state index in [0.29, 0.717) is 11.2 Å². The summed E-state index contributed by atoms with van der Waals surface area (Å²) in [5.41, 5.74) is 9.61. The van der Waals surface area contributed by atoms with E-state index in [1.807, 2.05) is 0 Å². The highest BCUT2D eigenvalue weighted by Crippen LogP contribution is 2.29. The third-order valence-corrected chi connectivity index (χ3v) is 6.20. The maximum Gasteiger partial charge on any atom is 0.180 e. The maximum absolute atomic E-state index is 5.72. The number of rotatable bonds is 7. The molecule has 0 atom stereocenters. The van der Waals surface area contributed by atoms with Crippen LogP contribution in [-0.2, 0) is 6.42 Å². The van der Waals surface area contributed by atoms with Crippen LogP contribution in [0.2, 0.25) is 0 Å². The van der Waals surface area contributed by atoms with Crippen LogP contribution >= 0.6 is 11.3 Å². The summed E-state index contributed by atoms with van der Waals surface area (Å²) in [6.07, 6.45) is 2.16. The van der Waals surface area contributed by atoms with Crippen molar-refractivity contribution in [3.05, 3.63) is 82.9 Å². The Morgan fingerprint density at radius 2 is 1.50 bits per heavy atom. The molecule has 1 aliphatic rings. The molecule has 0 radical (unpaired) electrons. The van der Waals surface area contributed by atoms with Crippen LogP contribution in [0.3, 0.4) is 0 Å². The number of piperazine rings is 1. The Balaban J connectivity index is 1.35. The Morgan fingerprint density at radius 3 is 2.04 bits per heavy atom. The highest BCUT2D eigenvalue weighted by atomic mass is 32.1. The monoisotopic (exact) mass is 392 g/mol. The van der Waals surface area contributed by atoms with Crippen molar-refractivity contribution in [2.24, 2.45) is 0 Å². The zero-order valence-corrected chi connectivity index (χ0v) is 17.0. The quantitative estimate of drug-likeness (QED) is 0.658. The summed E-state index contributed by atoms with van der Waals surface area (Å²) in [6, 6.07) is 22.1. The molecule has 2 aromatic carbocycles. The van der Waals surface area contributed by atoms with E-state index in [4.69, 9.17) is 5.73 Å². The van der Waals surface area contributed by atoms with Gasteiger partial charge in [0.25, 0.3) is 0 Å². The molecule has 4 nitrogen and oxygen atoms in total. The molecule has 28 heavy (non-hydrogen) atoms. The van der Waals surface area contributed by atoms with Gasteiger partial charge in [0.2, 0.25) is 0 Å². The van der Waals surface area contributed by atoms with E-state index in [-0.39, 0.29) is 0 Å². The second-order valence-electron chi connectivity index (χ2n) is 7.38. The molecule has 0 aliphatic carbocycles.